The molecule has 1 fully saturated rings. The third-order valence-electron chi connectivity index (χ3n) is 4.53. The number of hydrogen-bond donors (Lipinski definition) is 1. The maximum absolute atomic E-state index is 11.6. The maximum atomic E-state index is 11.6. The highest BCUT2D eigenvalue weighted by Crippen LogP contribution is 2.12. The fourth-order valence-corrected chi connectivity index (χ4v) is 2.98. The van der Waals surface area contributed by atoms with E-state index >= 15 is 0 Å². The zero-order valence-corrected chi connectivity index (χ0v) is 15.4. The first kappa shape index (κ1) is 20.7. The first-order valence-electron chi connectivity index (χ1n) is 9.89. The monoisotopic (exact) mass is 337 g/mol. The molecular weight excluding hydrogens is 302 g/mol. The molecule has 1 atom stereocenters. The van der Waals surface area contributed by atoms with Crippen molar-refractivity contribution in [1.29, 1.82) is 0 Å². The zero-order chi connectivity index (χ0) is 17.5. The Morgan fingerprint density at radius 3 is 2.17 bits per heavy atom. The van der Waals surface area contributed by atoms with Crippen LogP contribution in [0.2, 0.25) is 0 Å². The molecule has 0 aromatic rings. The Kier molecular flexibility index (Phi) is 12.1. The van der Waals surface area contributed by atoms with Gasteiger partial charge in [0, 0.05) is 6.42 Å². The summed E-state index contributed by atoms with van der Waals surface area (Å²) in [6.45, 7) is 2.26. The SMILES string of the molecule is CCCCCCCCCCCCC/C=C/OC(=O)[C@@H]1CCC(=O)N1. The number of ether oxygens (including phenoxy) is 1. The standard InChI is InChI=1S/C20H35NO3/c1-2-3-4-5-6-7-8-9-10-11-12-13-14-17-24-20(23)18-15-16-19(22)21-18/h14,17-18H,2-13,15-16H2,1H3,(H,21,22)/b17-14+/t18-/m0/s1. The van der Waals surface area contributed by atoms with E-state index in [0.29, 0.717) is 12.8 Å². The number of allylic oxidation sites excluding steroid dienone is 1. The summed E-state index contributed by atoms with van der Waals surface area (Å²) >= 11 is 0. The van der Waals surface area contributed by atoms with E-state index in [2.05, 4.69) is 12.2 Å². The molecule has 0 unspecified atom stereocenters. The minimum absolute atomic E-state index is 0.0677. The summed E-state index contributed by atoms with van der Waals surface area (Å²) in [5.41, 5.74) is 0. The lowest BCUT2D eigenvalue weighted by atomic mass is 10.1. The Hall–Kier alpha value is -1.32. The van der Waals surface area contributed by atoms with Crippen molar-refractivity contribution in [3.8, 4) is 0 Å². The molecule has 4 heteroatoms. The van der Waals surface area contributed by atoms with E-state index in [4.69, 9.17) is 4.74 Å². The fraction of sp³-hybridized carbons (Fsp3) is 0.800. The van der Waals surface area contributed by atoms with Crippen LogP contribution in [-0.2, 0) is 14.3 Å². The van der Waals surface area contributed by atoms with Crippen molar-refractivity contribution in [1.82, 2.24) is 5.32 Å². The minimum Gasteiger partial charge on any atom is -0.433 e. The Labute approximate surface area is 147 Å². The molecule has 138 valence electrons. The lowest BCUT2D eigenvalue weighted by Gasteiger charge is -2.06. The molecule has 1 aliphatic heterocycles. The topological polar surface area (TPSA) is 55.4 Å². The van der Waals surface area contributed by atoms with Gasteiger partial charge in [0.15, 0.2) is 0 Å². The summed E-state index contributed by atoms with van der Waals surface area (Å²) in [6, 6.07) is -0.455. The molecule has 0 radical (unpaired) electrons. The van der Waals surface area contributed by atoms with Crippen LogP contribution < -0.4 is 5.32 Å². The van der Waals surface area contributed by atoms with Gasteiger partial charge in [-0.05, 0) is 25.3 Å². The molecule has 1 rings (SSSR count). The fourth-order valence-electron chi connectivity index (χ4n) is 2.98. The molecule has 1 saturated heterocycles. The molecule has 0 spiro atoms. The number of esters is 1. The summed E-state index contributed by atoms with van der Waals surface area (Å²) in [4.78, 5) is 22.6. The van der Waals surface area contributed by atoms with Gasteiger partial charge in [-0.15, -0.1) is 0 Å². The molecule has 4 nitrogen and oxygen atoms in total. The van der Waals surface area contributed by atoms with Gasteiger partial charge >= 0.3 is 5.97 Å². The summed E-state index contributed by atoms with van der Waals surface area (Å²) in [7, 11) is 0. The van der Waals surface area contributed by atoms with E-state index in [1.54, 1.807) is 0 Å². The number of amides is 1. The van der Waals surface area contributed by atoms with Crippen molar-refractivity contribution in [2.24, 2.45) is 0 Å². The van der Waals surface area contributed by atoms with Crippen LogP contribution in [0.5, 0.6) is 0 Å². The first-order chi connectivity index (χ1) is 11.7. The van der Waals surface area contributed by atoms with Crippen molar-refractivity contribution in [3.63, 3.8) is 0 Å². The lowest BCUT2D eigenvalue weighted by molar-refractivity contribution is -0.141. The molecule has 1 N–H and O–H groups in total. The number of carbonyl (C=O) groups is 2. The van der Waals surface area contributed by atoms with E-state index < -0.39 is 6.04 Å². The molecule has 1 aliphatic rings. The van der Waals surface area contributed by atoms with Crippen LogP contribution in [0.4, 0.5) is 0 Å². The predicted octanol–water partition coefficient (Wildman–Crippen LogP) is 5.02. The quantitative estimate of drug-likeness (QED) is 0.275. The van der Waals surface area contributed by atoms with Gasteiger partial charge in [0.1, 0.15) is 6.04 Å². The molecule has 1 amide bonds. The highest BCUT2D eigenvalue weighted by Gasteiger charge is 2.27. The third kappa shape index (κ3) is 10.5. The van der Waals surface area contributed by atoms with E-state index in [1.165, 1.54) is 70.5 Å². The second-order valence-electron chi connectivity index (χ2n) is 6.79. The average molecular weight is 338 g/mol. The molecule has 0 aliphatic carbocycles. The number of rotatable bonds is 14. The highest BCUT2D eigenvalue weighted by atomic mass is 16.5. The van der Waals surface area contributed by atoms with Gasteiger partial charge < -0.3 is 10.1 Å². The van der Waals surface area contributed by atoms with Crippen LogP contribution in [0, 0.1) is 0 Å². The highest BCUT2D eigenvalue weighted by molar-refractivity contribution is 5.88. The second kappa shape index (κ2) is 14.1. The van der Waals surface area contributed by atoms with E-state index in [0.717, 1.165) is 12.8 Å². The average Bonchev–Trinajstić information content (AvgIpc) is 3.01. The Bertz CT molecular complexity index is 379. The van der Waals surface area contributed by atoms with Crippen molar-refractivity contribution < 1.29 is 14.3 Å². The van der Waals surface area contributed by atoms with Gasteiger partial charge in [0.25, 0.3) is 0 Å². The maximum Gasteiger partial charge on any atom is 0.333 e. The van der Waals surface area contributed by atoms with Crippen LogP contribution in [0.25, 0.3) is 0 Å². The third-order valence-corrected chi connectivity index (χ3v) is 4.53. The van der Waals surface area contributed by atoms with Gasteiger partial charge in [0.05, 0.1) is 6.26 Å². The Morgan fingerprint density at radius 2 is 1.62 bits per heavy atom. The van der Waals surface area contributed by atoms with Crippen molar-refractivity contribution in [2.75, 3.05) is 0 Å². The van der Waals surface area contributed by atoms with Crippen LogP contribution in [0.3, 0.4) is 0 Å². The number of nitrogens with one attached hydrogen (secondary N) is 1. The first-order valence-corrected chi connectivity index (χ1v) is 9.89. The predicted molar refractivity (Wildman–Crippen MR) is 97.5 cm³/mol. The van der Waals surface area contributed by atoms with Crippen LogP contribution in [0.15, 0.2) is 12.3 Å². The smallest absolute Gasteiger partial charge is 0.333 e. The van der Waals surface area contributed by atoms with E-state index in [9.17, 15) is 9.59 Å². The minimum atomic E-state index is -0.455. The van der Waals surface area contributed by atoms with Gasteiger partial charge in [0.2, 0.25) is 5.91 Å². The van der Waals surface area contributed by atoms with Crippen LogP contribution in [-0.4, -0.2) is 17.9 Å². The normalized spacial score (nSPS) is 17.4. The summed E-state index contributed by atoms with van der Waals surface area (Å²) < 4.78 is 5.04. The van der Waals surface area contributed by atoms with Crippen LogP contribution in [0.1, 0.15) is 96.8 Å². The summed E-state index contributed by atoms with van der Waals surface area (Å²) in [5, 5.41) is 2.61. The molecule has 0 aromatic carbocycles. The van der Waals surface area contributed by atoms with E-state index in [-0.39, 0.29) is 11.9 Å². The zero-order valence-electron chi connectivity index (χ0n) is 15.4. The number of hydrogen-bond acceptors (Lipinski definition) is 3. The molecule has 0 saturated carbocycles. The van der Waals surface area contributed by atoms with Gasteiger partial charge in [-0.1, -0.05) is 71.1 Å². The molecular formula is C20H35NO3. The van der Waals surface area contributed by atoms with Gasteiger partial charge in [-0.3, -0.25) is 4.79 Å². The molecule has 0 aromatic heterocycles. The van der Waals surface area contributed by atoms with Crippen molar-refractivity contribution in [2.45, 2.75) is 103 Å². The Morgan fingerprint density at radius 1 is 1.04 bits per heavy atom. The largest absolute Gasteiger partial charge is 0.433 e. The van der Waals surface area contributed by atoms with E-state index in [1.807, 2.05) is 6.08 Å². The van der Waals surface area contributed by atoms with Crippen molar-refractivity contribution >= 4 is 11.9 Å². The van der Waals surface area contributed by atoms with Gasteiger partial charge in [-0.2, -0.15) is 0 Å². The van der Waals surface area contributed by atoms with Crippen molar-refractivity contribution in [3.05, 3.63) is 12.3 Å². The summed E-state index contributed by atoms with van der Waals surface area (Å²) in [5.74, 6) is -0.419. The number of unbranched alkanes of at least 4 members (excludes halogenated alkanes) is 11. The Balaban J connectivity index is 1.83. The number of carbonyl (C=O) groups excluding carboxylic acids is 2. The lowest BCUT2D eigenvalue weighted by Crippen LogP contribution is -2.33. The van der Waals surface area contributed by atoms with Crippen LogP contribution >= 0.6 is 0 Å². The van der Waals surface area contributed by atoms with Gasteiger partial charge in [-0.25, -0.2) is 4.79 Å². The molecule has 1 heterocycles. The summed E-state index contributed by atoms with van der Waals surface area (Å²) in [6.07, 6.45) is 20.0. The molecule has 0 bridgehead atoms. The molecule has 24 heavy (non-hydrogen) atoms. The second-order valence-corrected chi connectivity index (χ2v) is 6.79.